The fraction of sp³-hybridized carbons (Fsp3) is 0.118. The Balaban J connectivity index is 2.03. The summed E-state index contributed by atoms with van der Waals surface area (Å²) < 4.78 is 3.92. The van der Waals surface area contributed by atoms with Crippen molar-refractivity contribution in [3.05, 3.63) is 58.6 Å². The normalized spacial score (nSPS) is 13.5. The number of aromatic nitrogens is 3. The molecule has 3 aromatic heterocycles. The van der Waals surface area contributed by atoms with Gasteiger partial charge in [0.25, 0.3) is 5.91 Å². The van der Waals surface area contributed by atoms with Gasteiger partial charge in [0.05, 0.1) is 17.0 Å². The third-order valence-corrected chi connectivity index (χ3v) is 4.03. The average Bonchev–Trinajstić information content (AvgIpc) is 3.19. The van der Waals surface area contributed by atoms with Crippen molar-refractivity contribution >= 4 is 18.2 Å². The molecule has 0 fully saturated rings. The summed E-state index contributed by atoms with van der Waals surface area (Å²) in [7, 11) is 3.92. The van der Waals surface area contributed by atoms with Gasteiger partial charge in [-0.1, -0.05) is 6.58 Å². The zero-order valence-corrected chi connectivity index (χ0v) is 12.5. The molecule has 0 unspecified atom stereocenters. The van der Waals surface area contributed by atoms with Crippen LogP contribution in [0.2, 0.25) is 0 Å². The van der Waals surface area contributed by atoms with Gasteiger partial charge >= 0.3 is 0 Å². The molecule has 110 valence electrons. The molecule has 0 saturated heterocycles. The van der Waals surface area contributed by atoms with Crippen LogP contribution in [-0.2, 0) is 14.1 Å². The summed E-state index contributed by atoms with van der Waals surface area (Å²) in [5.74, 6) is -0.0844. The summed E-state index contributed by atoms with van der Waals surface area (Å²) >= 11 is 0. The molecule has 5 heteroatoms. The van der Waals surface area contributed by atoms with Crippen molar-refractivity contribution in [2.45, 2.75) is 0 Å². The van der Waals surface area contributed by atoms with E-state index in [0.29, 0.717) is 5.56 Å². The lowest BCUT2D eigenvalue weighted by Crippen LogP contribution is -2.25. The quantitative estimate of drug-likeness (QED) is 0.716. The van der Waals surface area contributed by atoms with Crippen molar-refractivity contribution in [3.63, 3.8) is 0 Å². The van der Waals surface area contributed by atoms with Crippen molar-refractivity contribution in [3.8, 4) is 11.3 Å². The van der Waals surface area contributed by atoms with Crippen LogP contribution in [0.25, 0.3) is 23.5 Å². The van der Waals surface area contributed by atoms with Crippen LogP contribution >= 0.6 is 0 Å². The summed E-state index contributed by atoms with van der Waals surface area (Å²) in [5.41, 5.74) is 4.29. The Morgan fingerprint density at radius 3 is 2.27 bits per heavy atom. The van der Waals surface area contributed by atoms with E-state index in [9.17, 15) is 4.79 Å². The zero-order chi connectivity index (χ0) is 15.4. The molecule has 0 aromatic carbocycles. The van der Waals surface area contributed by atoms with Gasteiger partial charge in [-0.3, -0.25) is 4.79 Å². The van der Waals surface area contributed by atoms with E-state index in [1.165, 1.54) is 0 Å². The minimum atomic E-state index is -0.0844. The largest absolute Gasteiger partial charge is 0.357 e. The second-order valence-corrected chi connectivity index (χ2v) is 5.69. The van der Waals surface area contributed by atoms with E-state index < -0.39 is 0 Å². The maximum Gasteiger partial charge on any atom is 0.258 e. The molecule has 22 heavy (non-hydrogen) atoms. The Morgan fingerprint density at radius 2 is 1.68 bits per heavy atom. The summed E-state index contributed by atoms with van der Waals surface area (Å²) in [6.45, 7) is 4.08. The van der Waals surface area contributed by atoms with Crippen molar-refractivity contribution in [1.29, 1.82) is 0 Å². The van der Waals surface area contributed by atoms with Gasteiger partial charge in [-0.2, -0.15) is 0 Å². The number of H-pyrrole nitrogens is 1. The van der Waals surface area contributed by atoms with Crippen molar-refractivity contribution in [2.75, 3.05) is 0 Å². The number of nitrogens with zero attached hydrogens (tertiary/aromatic N) is 2. The molecule has 1 aliphatic rings. The van der Waals surface area contributed by atoms with E-state index in [2.05, 4.69) is 16.9 Å². The number of hydrogen-bond donors (Lipinski definition) is 2. The number of fused-ring (bicyclic) bond motifs is 1. The van der Waals surface area contributed by atoms with Crippen LogP contribution in [-0.4, -0.2) is 20.0 Å². The smallest absolute Gasteiger partial charge is 0.258 e. The zero-order valence-electron chi connectivity index (χ0n) is 12.5. The average molecular weight is 292 g/mol. The van der Waals surface area contributed by atoms with E-state index >= 15 is 0 Å². The van der Waals surface area contributed by atoms with E-state index in [1.807, 2.05) is 60.1 Å². The van der Waals surface area contributed by atoms with E-state index in [-0.39, 0.29) is 5.91 Å². The summed E-state index contributed by atoms with van der Waals surface area (Å²) in [5, 5.41) is 4.61. The number of carbonyl (C=O) groups is 1. The highest BCUT2D eigenvalue weighted by molar-refractivity contribution is 6.08. The second kappa shape index (κ2) is 4.27. The molecule has 0 atom stereocenters. The van der Waals surface area contributed by atoms with Crippen molar-refractivity contribution < 1.29 is 4.79 Å². The topological polar surface area (TPSA) is 54.8 Å². The Bertz CT molecular complexity index is 1020. The van der Waals surface area contributed by atoms with Crippen LogP contribution in [0.5, 0.6) is 0 Å². The van der Waals surface area contributed by atoms with Crippen LogP contribution < -0.4 is 15.9 Å². The highest BCUT2D eigenvalue weighted by Crippen LogP contribution is 2.23. The van der Waals surface area contributed by atoms with Crippen LogP contribution in [0.4, 0.5) is 0 Å². The summed E-state index contributed by atoms with van der Waals surface area (Å²) in [6.07, 6.45) is 7.89. The van der Waals surface area contributed by atoms with Gasteiger partial charge in [-0.15, -0.1) is 0 Å². The number of nitrogens with one attached hydrogen (secondary N) is 2. The first-order valence-electron chi connectivity index (χ1n) is 7.06. The number of aromatic amines is 1. The number of aryl methyl sites for hydroxylation is 2. The minimum absolute atomic E-state index is 0.0844. The molecule has 0 radical (unpaired) electrons. The van der Waals surface area contributed by atoms with Gasteiger partial charge < -0.3 is 19.4 Å². The predicted octanol–water partition coefficient (Wildman–Crippen LogP) is 0.669. The van der Waals surface area contributed by atoms with Crippen LogP contribution in [0.1, 0.15) is 15.9 Å². The fourth-order valence-electron chi connectivity index (χ4n) is 3.03. The molecular weight excluding hydrogens is 276 g/mol. The Hall–Kier alpha value is -2.95. The SMILES string of the molecule is C=c1[nH]c(-c2ccn(C)c2)c2c1=C(c1ccn(C)c1)NC2=O. The molecule has 1 aliphatic heterocycles. The first kappa shape index (κ1) is 12.8. The number of carbonyl (C=O) groups excluding carboxylic acids is 1. The van der Waals surface area contributed by atoms with Gasteiger partial charge in [-0.25, -0.2) is 0 Å². The van der Waals surface area contributed by atoms with E-state index in [0.717, 1.165) is 33.1 Å². The molecule has 0 aliphatic carbocycles. The molecule has 4 heterocycles. The molecule has 0 saturated carbocycles. The molecule has 4 rings (SSSR count). The molecular formula is C17H16N4O. The molecule has 1 amide bonds. The lowest BCUT2D eigenvalue weighted by molar-refractivity contribution is 0.0979. The Kier molecular flexibility index (Phi) is 2.48. The predicted molar refractivity (Wildman–Crippen MR) is 85.4 cm³/mol. The standard InChI is InChI=1S/C17H16N4O/c1-10-13-14(16(18-10)12-5-7-21(3)9-12)17(22)19-15(13)11-4-6-20(2)8-11/h4-9,18H,1H2,2-3H3,(H,19,22). The third kappa shape index (κ3) is 1.69. The van der Waals surface area contributed by atoms with Crippen LogP contribution in [0.3, 0.4) is 0 Å². The number of rotatable bonds is 2. The monoisotopic (exact) mass is 292 g/mol. The lowest BCUT2D eigenvalue weighted by atomic mass is 10.1. The van der Waals surface area contributed by atoms with Gasteiger partial charge in [0.2, 0.25) is 0 Å². The maximum atomic E-state index is 12.5. The number of amides is 1. The highest BCUT2D eigenvalue weighted by atomic mass is 16.1. The lowest BCUT2D eigenvalue weighted by Gasteiger charge is -2.01. The van der Waals surface area contributed by atoms with E-state index in [1.54, 1.807) is 0 Å². The summed E-state index contributed by atoms with van der Waals surface area (Å²) in [4.78, 5) is 15.7. The Morgan fingerprint density at radius 1 is 1.05 bits per heavy atom. The first-order valence-corrected chi connectivity index (χ1v) is 7.06. The molecule has 0 spiro atoms. The second-order valence-electron chi connectivity index (χ2n) is 5.69. The van der Waals surface area contributed by atoms with E-state index in [4.69, 9.17) is 0 Å². The first-order chi connectivity index (χ1) is 10.5. The molecule has 0 bridgehead atoms. The molecule has 5 nitrogen and oxygen atoms in total. The van der Waals surface area contributed by atoms with Gasteiger partial charge in [-0.05, 0) is 12.1 Å². The Labute approximate surface area is 127 Å². The maximum absolute atomic E-state index is 12.5. The van der Waals surface area contributed by atoms with Gasteiger partial charge in [0.15, 0.2) is 0 Å². The number of hydrogen-bond acceptors (Lipinski definition) is 1. The molecule has 3 aromatic rings. The van der Waals surface area contributed by atoms with Crippen LogP contribution in [0, 0.1) is 0 Å². The van der Waals surface area contributed by atoms with Crippen molar-refractivity contribution in [1.82, 2.24) is 19.4 Å². The third-order valence-electron chi connectivity index (χ3n) is 4.03. The van der Waals surface area contributed by atoms with Gasteiger partial charge in [0, 0.05) is 60.6 Å². The van der Waals surface area contributed by atoms with Crippen molar-refractivity contribution in [2.24, 2.45) is 14.1 Å². The minimum Gasteiger partial charge on any atom is -0.357 e. The van der Waals surface area contributed by atoms with Crippen LogP contribution in [0.15, 0.2) is 36.9 Å². The summed E-state index contributed by atoms with van der Waals surface area (Å²) in [6, 6.07) is 3.97. The molecule has 2 N–H and O–H groups in total. The fourth-order valence-corrected chi connectivity index (χ4v) is 3.03. The highest BCUT2D eigenvalue weighted by Gasteiger charge is 2.27. The van der Waals surface area contributed by atoms with Gasteiger partial charge in [0.1, 0.15) is 0 Å².